The van der Waals surface area contributed by atoms with Gasteiger partial charge in [-0.25, -0.2) is 22.5 Å². The van der Waals surface area contributed by atoms with Gasteiger partial charge in [0.15, 0.2) is 0 Å². The maximum Gasteiger partial charge on any atom is 0.227 e. The zero-order valence-corrected chi connectivity index (χ0v) is 20.9. The van der Waals surface area contributed by atoms with Crippen LogP contribution in [0.4, 0.5) is 29.3 Å². The highest BCUT2D eigenvalue weighted by Crippen LogP contribution is 2.32. The van der Waals surface area contributed by atoms with Crippen LogP contribution in [0.1, 0.15) is 38.2 Å². The summed E-state index contributed by atoms with van der Waals surface area (Å²) in [4.78, 5) is 13.9. The van der Waals surface area contributed by atoms with Crippen LogP contribution in [0.5, 0.6) is 0 Å². The van der Waals surface area contributed by atoms with Crippen molar-refractivity contribution in [2.75, 3.05) is 36.4 Å². The van der Waals surface area contributed by atoms with Gasteiger partial charge in [-0.05, 0) is 62.9 Å². The highest BCUT2D eigenvalue weighted by Gasteiger charge is 2.28. The van der Waals surface area contributed by atoms with Gasteiger partial charge < -0.3 is 15.1 Å². The van der Waals surface area contributed by atoms with Gasteiger partial charge in [-0.15, -0.1) is 0 Å². The first-order valence-corrected chi connectivity index (χ1v) is 12.9. The van der Waals surface area contributed by atoms with Crippen LogP contribution in [-0.4, -0.2) is 47.1 Å². The standard InChI is InChI=1S/C28H31F4N5/c1-18-6-10-36(11-7-18)22-8-12-37(13-9-22)28-34-17-24(23-5-4-21(30)15-26(23)32)27(35-28)33-16-19-2-3-20(29)14-25(19)31/h2-5,14-15,17-18,22H,6-13,16H2,1H3,(H,33,34,35). The van der Waals surface area contributed by atoms with E-state index in [1.165, 1.54) is 43.3 Å². The summed E-state index contributed by atoms with van der Waals surface area (Å²) in [5.41, 5.74) is 0.706. The minimum atomic E-state index is -0.746. The molecule has 0 radical (unpaired) electrons. The normalized spacial score (nSPS) is 17.8. The second-order valence-electron chi connectivity index (χ2n) is 10.1. The van der Waals surface area contributed by atoms with Gasteiger partial charge in [0.1, 0.15) is 29.1 Å². The van der Waals surface area contributed by atoms with Crippen LogP contribution in [0.25, 0.3) is 11.1 Å². The summed E-state index contributed by atoms with van der Waals surface area (Å²) >= 11 is 0. The maximum atomic E-state index is 14.6. The second-order valence-corrected chi connectivity index (χ2v) is 10.1. The Labute approximate surface area is 214 Å². The first kappa shape index (κ1) is 25.4. The maximum absolute atomic E-state index is 14.6. The quantitative estimate of drug-likeness (QED) is 0.409. The monoisotopic (exact) mass is 513 g/mol. The molecule has 1 N–H and O–H groups in total. The summed E-state index contributed by atoms with van der Waals surface area (Å²) in [7, 11) is 0. The van der Waals surface area contributed by atoms with Crippen molar-refractivity contribution in [3.05, 3.63) is 71.4 Å². The van der Waals surface area contributed by atoms with Crippen LogP contribution in [-0.2, 0) is 6.54 Å². The number of aromatic nitrogens is 2. The molecule has 5 nitrogen and oxygen atoms in total. The molecule has 2 saturated heterocycles. The Morgan fingerprint density at radius 1 is 0.838 bits per heavy atom. The average Bonchev–Trinajstić information content (AvgIpc) is 2.89. The SMILES string of the molecule is CC1CCN(C2CCN(c3ncc(-c4ccc(F)cc4F)c(NCc4ccc(F)cc4F)n3)CC2)CC1. The van der Waals surface area contributed by atoms with Gasteiger partial charge in [0.25, 0.3) is 0 Å². The van der Waals surface area contributed by atoms with Crippen LogP contribution in [0.2, 0.25) is 0 Å². The summed E-state index contributed by atoms with van der Waals surface area (Å²) in [6.07, 6.45) is 6.02. The molecule has 0 unspecified atom stereocenters. The van der Waals surface area contributed by atoms with Crippen molar-refractivity contribution in [1.29, 1.82) is 0 Å². The summed E-state index contributed by atoms with van der Waals surface area (Å²) in [6.45, 7) is 6.21. The number of piperidine rings is 2. The molecule has 37 heavy (non-hydrogen) atoms. The fourth-order valence-corrected chi connectivity index (χ4v) is 5.23. The average molecular weight is 514 g/mol. The first-order chi connectivity index (χ1) is 17.9. The molecule has 9 heteroatoms. The van der Waals surface area contributed by atoms with Gasteiger partial charge in [0, 0.05) is 60.7 Å². The molecule has 0 atom stereocenters. The van der Waals surface area contributed by atoms with Crippen molar-refractivity contribution in [3.63, 3.8) is 0 Å². The third-order valence-corrected chi connectivity index (χ3v) is 7.54. The van der Waals surface area contributed by atoms with E-state index in [4.69, 9.17) is 0 Å². The van der Waals surface area contributed by atoms with Crippen LogP contribution in [0.15, 0.2) is 42.6 Å². The lowest BCUT2D eigenvalue weighted by atomic mass is 9.95. The molecule has 1 aromatic heterocycles. The van der Waals surface area contributed by atoms with E-state index in [0.717, 1.165) is 57.1 Å². The summed E-state index contributed by atoms with van der Waals surface area (Å²) in [5.74, 6) is -1.20. The molecule has 196 valence electrons. The Bertz CT molecular complexity index is 1240. The number of likely N-dealkylation sites (tertiary alicyclic amines) is 1. The van der Waals surface area contributed by atoms with E-state index in [9.17, 15) is 17.6 Å². The van der Waals surface area contributed by atoms with E-state index in [1.54, 1.807) is 0 Å². The molecule has 3 heterocycles. The Hall–Kier alpha value is -3.20. The van der Waals surface area contributed by atoms with E-state index in [1.807, 2.05) is 0 Å². The highest BCUT2D eigenvalue weighted by atomic mass is 19.1. The lowest BCUT2D eigenvalue weighted by molar-refractivity contribution is 0.120. The number of hydrogen-bond donors (Lipinski definition) is 1. The number of anilines is 2. The predicted octanol–water partition coefficient (Wildman–Crippen LogP) is 6.01. The number of benzene rings is 2. The second kappa shape index (κ2) is 11.0. The van der Waals surface area contributed by atoms with Crippen molar-refractivity contribution in [1.82, 2.24) is 14.9 Å². The van der Waals surface area contributed by atoms with Crippen LogP contribution >= 0.6 is 0 Å². The largest absolute Gasteiger partial charge is 0.365 e. The van der Waals surface area contributed by atoms with Crippen molar-refractivity contribution in [2.24, 2.45) is 5.92 Å². The summed E-state index contributed by atoms with van der Waals surface area (Å²) < 4.78 is 55.8. The Kier molecular flexibility index (Phi) is 7.60. The van der Waals surface area contributed by atoms with Crippen LogP contribution < -0.4 is 10.2 Å². The molecule has 0 aliphatic carbocycles. The van der Waals surface area contributed by atoms with E-state index >= 15 is 0 Å². The number of nitrogens with one attached hydrogen (secondary N) is 1. The van der Waals surface area contributed by atoms with Gasteiger partial charge in [-0.1, -0.05) is 13.0 Å². The third kappa shape index (κ3) is 5.87. The van der Waals surface area contributed by atoms with E-state index < -0.39 is 23.3 Å². The number of halogens is 4. The lowest BCUT2D eigenvalue weighted by Crippen LogP contribution is -2.48. The van der Waals surface area contributed by atoms with Crippen LogP contribution in [0.3, 0.4) is 0 Å². The van der Waals surface area contributed by atoms with Crippen molar-refractivity contribution in [2.45, 2.75) is 45.2 Å². The fraction of sp³-hybridized carbons (Fsp3) is 0.429. The van der Waals surface area contributed by atoms with E-state index in [2.05, 4.69) is 32.0 Å². The number of hydrogen-bond acceptors (Lipinski definition) is 5. The van der Waals surface area contributed by atoms with Gasteiger partial charge in [0.05, 0.1) is 0 Å². The van der Waals surface area contributed by atoms with E-state index in [-0.39, 0.29) is 17.7 Å². The van der Waals surface area contributed by atoms with E-state index in [0.29, 0.717) is 23.4 Å². The minimum Gasteiger partial charge on any atom is -0.365 e. The predicted molar refractivity (Wildman–Crippen MR) is 136 cm³/mol. The van der Waals surface area contributed by atoms with Crippen LogP contribution in [0, 0.1) is 29.2 Å². The van der Waals surface area contributed by atoms with Crippen molar-refractivity contribution < 1.29 is 17.6 Å². The molecule has 0 amide bonds. The van der Waals surface area contributed by atoms with Gasteiger partial charge in [0.2, 0.25) is 5.95 Å². The molecule has 0 saturated carbocycles. The molecule has 2 aliphatic heterocycles. The highest BCUT2D eigenvalue weighted by molar-refractivity contribution is 5.75. The third-order valence-electron chi connectivity index (χ3n) is 7.54. The molecule has 2 aromatic carbocycles. The van der Waals surface area contributed by atoms with Gasteiger partial charge in [-0.3, -0.25) is 0 Å². The van der Waals surface area contributed by atoms with Gasteiger partial charge in [-0.2, -0.15) is 4.98 Å². The Morgan fingerprint density at radius 2 is 1.51 bits per heavy atom. The topological polar surface area (TPSA) is 44.3 Å². The molecular formula is C28H31F4N5. The molecule has 3 aromatic rings. The molecule has 0 bridgehead atoms. The molecular weight excluding hydrogens is 482 g/mol. The molecule has 0 spiro atoms. The van der Waals surface area contributed by atoms with Gasteiger partial charge >= 0.3 is 0 Å². The summed E-state index contributed by atoms with van der Waals surface area (Å²) in [5, 5.41) is 3.07. The van der Waals surface area contributed by atoms with Crippen molar-refractivity contribution in [3.8, 4) is 11.1 Å². The molecule has 2 aliphatic rings. The fourth-order valence-electron chi connectivity index (χ4n) is 5.23. The smallest absolute Gasteiger partial charge is 0.227 e. The minimum absolute atomic E-state index is 0.00777. The Balaban J connectivity index is 1.36. The molecule has 2 fully saturated rings. The zero-order valence-electron chi connectivity index (χ0n) is 20.9. The van der Waals surface area contributed by atoms with Crippen molar-refractivity contribution >= 4 is 11.8 Å². The number of nitrogens with zero attached hydrogens (tertiary/aromatic N) is 4. The molecule has 5 rings (SSSR count). The first-order valence-electron chi connectivity index (χ1n) is 12.9. The summed E-state index contributed by atoms with van der Waals surface area (Å²) in [6, 6.07) is 7.20. The number of rotatable bonds is 6. The lowest BCUT2D eigenvalue weighted by Gasteiger charge is -2.41. The Morgan fingerprint density at radius 3 is 2.19 bits per heavy atom. The zero-order chi connectivity index (χ0) is 25.9.